The summed E-state index contributed by atoms with van der Waals surface area (Å²) in [5.74, 6) is 0. The minimum Gasteiger partial charge on any atom is -0.351 e. The molecule has 0 saturated heterocycles. The van der Waals surface area contributed by atoms with Crippen LogP contribution in [0, 0.1) is 0 Å². The van der Waals surface area contributed by atoms with Gasteiger partial charge in [0.25, 0.3) is 0 Å². The number of amides is 2. The number of anilines is 2. The molecule has 21 heavy (non-hydrogen) atoms. The van der Waals surface area contributed by atoms with Gasteiger partial charge < -0.3 is 5.73 Å². The number of benzene rings is 2. The first kappa shape index (κ1) is 14.5. The van der Waals surface area contributed by atoms with Crippen molar-refractivity contribution in [3.8, 4) is 0 Å². The quantitative estimate of drug-likeness (QED) is 0.686. The Balaban J connectivity index is 2.39. The van der Waals surface area contributed by atoms with Crippen molar-refractivity contribution in [3.63, 3.8) is 0 Å². The zero-order valence-electron chi connectivity index (χ0n) is 10.8. The van der Waals surface area contributed by atoms with Crippen molar-refractivity contribution in [1.82, 2.24) is 0 Å². The fraction of sp³-hybridized carbons (Fsp3) is 0.133. The second kappa shape index (κ2) is 5.09. The van der Waals surface area contributed by atoms with Crippen molar-refractivity contribution in [2.45, 2.75) is 9.71 Å². The standard InChI is InChI=1S/C15H11Cl3N2O/c16-13-9-5-1-3-7-11(9)20(14(19)21)12-8-4-2-6-10(12)15(13,17)18/h1-8,13H,(H2,19,21). The van der Waals surface area contributed by atoms with Gasteiger partial charge in [-0.3, -0.25) is 4.90 Å². The number of carbonyl (C=O) groups is 1. The second-order valence-electron chi connectivity index (χ2n) is 4.74. The summed E-state index contributed by atoms with van der Waals surface area (Å²) < 4.78 is -1.38. The maximum atomic E-state index is 12.0. The molecule has 2 aromatic carbocycles. The topological polar surface area (TPSA) is 46.3 Å². The molecule has 0 fully saturated rings. The molecule has 3 nitrogen and oxygen atoms in total. The van der Waals surface area contributed by atoms with E-state index in [1.54, 1.807) is 42.5 Å². The van der Waals surface area contributed by atoms with E-state index in [9.17, 15) is 4.79 Å². The van der Waals surface area contributed by atoms with Crippen molar-refractivity contribution in [3.05, 3.63) is 59.7 Å². The lowest BCUT2D eigenvalue weighted by Gasteiger charge is -2.25. The lowest BCUT2D eigenvalue weighted by molar-refractivity contribution is 0.256. The molecule has 0 aliphatic carbocycles. The predicted octanol–water partition coefficient (Wildman–Crippen LogP) is 4.83. The van der Waals surface area contributed by atoms with Crippen molar-refractivity contribution in [1.29, 1.82) is 0 Å². The van der Waals surface area contributed by atoms with Crippen LogP contribution in [0.2, 0.25) is 0 Å². The number of hydrogen-bond acceptors (Lipinski definition) is 1. The molecule has 1 aliphatic heterocycles. The zero-order valence-corrected chi connectivity index (χ0v) is 13.0. The maximum absolute atomic E-state index is 12.0. The highest BCUT2D eigenvalue weighted by molar-refractivity contribution is 6.52. The number of rotatable bonds is 0. The molecular formula is C15H11Cl3N2O. The molecule has 2 aromatic rings. The third-order valence-electron chi connectivity index (χ3n) is 3.49. The van der Waals surface area contributed by atoms with Crippen LogP contribution in [0.25, 0.3) is 0 Å². The monoisotopic (exact) mass is 340 g/mol. The van der Waals surface area contributed by atoms with Gasteiger partial charge in [0.15, 0.2) is 4.33 Å². The highest BCUT2D eigenvalue weighted by atomic mass is 35.5. The molecule has 1 unspecified atom stereocenters. The van der Waals surface area contributed by atoms with Crippen LogP contribution in [-0.2, 0) is 4.33 Å². The average molecular weight is 342 g/mol. The summed E-state index contributed by atoms with van der Waals surface area (Å²) in [6, 6.07) is 13.6. The van der Waals surface area contributed by atoms with Crippen LogP contribution in [0.15, 0.2) is 48.5 Å². The van der Waals surface area contributed by atoms with E-state index in [4.69, 9.17) is 40.5 Å². The Morgan fingerprint density at radius 1 is 1.05 bits per heavy atom. The van der Waals surface area contributed by atoms with Crippen molar-refractivity contribution in [2.24, 2.45) is 5.73 Å². The Labute approximate surface area is 137 Å². The summed E-state index contributed by atoms with van der Waals surface area (Å²) in [6.07, 6.45) is 0. The molecule has 2 N–H and O–H groups in total. The third-order valence-corrected chi connectivity index (χ3v) is 5.12. The molecule has 0 saturated carbocycles. The van der Waals surface area contributed by atoms with Gasteiger partial charge in [-0.1, -0.05) is 59.6 Å². The van der Waals surface area contributed by atoms with Crippen molar-refractivity contribution in [2.75, 3.05) is 4.90 Å². The van der Waals surface area contributed by atoms with E-state index in [0.29, 0.717) is 22.5 Å². The number of fused-ring (bicyclic) bond motifs is 2. The number of hydrogen-bond donors (Lipinski definition) is 1. The van der Waals surface area contributed by atoms with Gasteiger partial charge in [-0.15, -0.1) is 11.6 Å². The van der Waals surface area contributed by atoms with Gasteiger partial charge in [0.2, 0.25) is 0 Å². The van der Waals surface area contributed by atoms with Crippen LogP contribution in [0.4, 0.5) is 16.2 Å². The minimum atomic E-state index is -1.38. The van der Waals surface area contributed by atoms with E-state index < -0.39 is 15.7 Å². The Bertz CT molecular complexity index is 718. The normalized spacial score (nSPS) is 19.4. The Hall–Kier alpha value is -1.42. The van der Waals surface area contributed by atoms with Crippen LogP contribution in [0.5, 0.6) is 0 Å². The average Bonchev–Trinajstić information content (AvgIpc) is 2.53. The molecule has 1 heterocycles. The summed E-state index contributed by atoms with van der Waals surface area (Å²) >= 11 is 19.5. The van der Waals surface area contributed by atoms with Gasteiger partial charge in [-0.05, 0) is 17.7 Å². The Kier molecular flexibility index (Phi) is 3.52. The highest BCUT2D eigenvalue weighted by Gasteiger charge is 2.44. The molecule has 0 aromatic heterocycles. The molecule has 6 heteroatoms. The Morgan fingerprint density at radius 3 is 2.29 bits per heavy atom. The van der Waals surface area contributed by atoms with Crippen LogP contribution in [0.1, 0.15) is 16.5 Å². The number of primary amides is 1. The lowest BCUT2D eigenvalue weighted by Crippen LogP contribution is -2.32. The molecule has 0 radical (unpaired) electrons. The Morgan fingerprint density at radius 2 is 1.62 bits per heavy atom. The number of nitrogens with zero attached hydrogens (tertiary/aromatic N) is 1. The van der Waals surface area contributed by atoms with Gasteiger partial charge in [0.1, 0.15) is 0 Å². The number of halogens is 3. The lowest BCUT2D eigenvalue weighted by atomic mass is 10.0. The molecule has 3 rings (SSSR count). The van der Waals surface area contributed by atoms with E-state index in [0.717, 1.165) is 0 Å². The van der Waals surface area contributed by atoms with E-state index in [1.165, 1.54) is 4.90 Å². The summed E-state index contributed by atoms with van der Waals surface area (Å²) in [5, 5.41) is -0.720. The number of urea groups is 1. The van der Waals surface area contributed by atoms with Gasteiger partial charge in [-0.2, -0.15) is 0 Å². The zero-order chi connectivity index (χ0) is 15.2. The molecular weight excluding hydrogens is 331 g/mol. The molecule has 2 amide bonds. The van der Waals surface area contributed by atoms with E-state index in [-0.39, 0.29) is 0 Å². The van der Waals surface area contributed by atoms with Gasteiger partial charge in [0.05, 0.1) is 16.8 Å². The number of nitrogens with two attached hydrogens (primary N) is 1. The number of para-hydroxylation sites is 2. The molecule has 108 valence electrons. The van der Waals surface area contributed by atoms with Crippen molar-refractivity contribution >= 4 is 52.2 Å². The molecule has 0 spiro atoms. The minimum absolute atomic E-state index is 0.533. The number of alkyl halides is 3. The fourth-order valence-electron chi connectivity index (χ4n) is 2.55. The molecule has 1 aliphatic rings. The van der Waals surface area contributed by atoms with Gasteiger partial charge in [0, 0.05) is 5.56 Å². The van der Waals surface area contributed by atoms with Crippen LogP contribution >= 0.6 is 34.8 Å². The summed E-state index contributed by atoms with van der Waals surface area (Å²) in [7, 11) is 0. The molecule has 0 bridgehead atoms. The molecule has 1 atom stereocenters. The first-order valence-electron chi connectivity index (χ1n) is 6.24. The summed E-state index contributed by atoms with van der Waals surface area (Å²) in [5.41, 5.74) is 7.87. The first-order valence-corrected chi connectivity index (χ1v) is 7.43. The smallest absolute Gasteiger partial charge is 0.323 e. The SMILES string of the molecule is NC(=O)N1c2ccccc2C(Cl)C(Cl)(Cl)c2ccccc21. The predicted molar refractivity (Wildman–Crippen MR) is 86.6 cm³/mol. The largest absolute Gasteiger partial charge is 0.351 e. The fourth-order valence-corrected chi connectivity index (χ4v) is 3.41. The maximum Gasteiger partial charge on any atom is 0.323 e. The summed E-state index contributed by atoms with van der Waals surface area (Å²) in [4.78, 5) is 13.4. The van der Waals surface area contributed by atoms with E-state index in [1.807, 2.05) is 6.07 Å². The van der Waals surface area contributed by atoms with Gasteiger partial charge >= 0.3 is 6.03 Å². The summed E-state index contributed by atoms with van der Waals surface area (Å²) in [6.45, 7) is 0. The van der Waals surface area contributed by atoms with Crippen LogP contribution < -0.4 is 10.6 Å². The van der Waals surface area contributed by atoms with Gasteiger partial charge in [-0.25, -0.2) is 4.79 Å². The van der Waals surface area contributed by atoms with Crippen molar-refractivity contribution < 1.29 is 4.79 Å². The highest BCUT2D eigenvalue weighted by Crippen LogP contribution is 2.56. The number of carbonyl (C=O) groups excluding carboxylic acids is 1. The van der Waals surface area contributed by atoms with E-state index >= 15 is 0 Å². The van der Waals surface area contributed by atoms with Crippen LogP contribution in [-0.4, -0.2) is 6.03 Å². The first-order chi connectivity index (χ1) is 9.94. The second-order valence-corrected chi connectivity index (χ2v) is 6.56. The third kappa shape index (κ3) is 2.16. The van der Waals surface area contributed by atoms with E-state index in [2.05, 4.69) is 0 Å². The van der Waals surface area contributed by atoms with Crippen LogP contribution in [0.3, 0.4) is 0 Å².